The van der Waals surface area contributed by atoms with Crippen LogP contribution in [-0.4, -0.2) is 47.4 Å². The summed E-state index contributed by atoms with van der Waals surface area (Å²) in [5.74, 6) is -2.35. The standard InChI is InChI=1S/C15H21NO5/c17-8-15(3-5-21-6-4-15)16-13(18)11-9-1-2-10(7-9)12(11)14(19)20/h1-2,9-12,17H,3-8H2,(H,16,18)(H,19,20). The predicted octanol–water partition coefficient (Wildman–Crippen LogP) is 0.167. The van der Waals surface area contributed by atoms with Gasteiger partial charge in [0, 0.05) is 13.2 Å². The van der Waals surface area contributed by atoms with Gasteiger partial charge in [-0.2, -0.15) is 0 Å². The van der Waals surface area contributed by atoms with Gasteiger partial charge in [0.05, 0.1) is 24.0 Å². The van der Waals surface area contributed by atoms with Gasteiger partial charge in [-0.3, -0.25) is 9.59 Å². The smallest absolute Gasteiger partial charge is 0.307 e. The summed E-state index contributed by atoms with van der Waals surface area (Å²) in [4.78, 5) is 24.1. The van der Waals surface area contributed by atoms with Crippen LogP contribution in [0.1, 0.15) is 19.3 Å². The maximum atomic E-state index is 12.6. The van der Waals surface area contributed by atoms with Crippen LogP contribution in [0.15, 0.2) is 12.2 Å². The first-order valence-electron chi connectivity index (χ1n) is 7.48. The largest absolute Gasteiger partial charge is 0.481 e. The van der Waals surface area contributed by atoms with E-state index in [1.165, 1.54) is 0 Å². The van der Waals surface area contributed by atoms with E-state index in [9.17, 15) is 19.8 Å². The van der Waals surface area contributed by atoms with Gasteiger partial charge in [-0.05, 0) is 31.1 Å². The second-order valence-electron chi connectivity index (χ2n) is 6.38. The summed E-state index contributed by atoms with van der Waals surface area (Å²) in [6.45, 7) is 0.857. The summed E-state index contributed by atoms with van der Waals surface area (Å²) in [5.41, 5.74) is -0.663. The van der Waals surface area contributed by atoms with E-state index in [1.807, 2.05) is 12.2 Å². The van der Waals surface area contributed by atoms with Gasteiger partial charge in [0.25, 0.3) is 0 Å². The average molecular weight is 295 g/mol. The fourth-order valence-electron chi connectivity index (χ4n) is 3.95. The lowest BCUT2D eigenvalue weighted by atomic mass is 9.81. The van der Waals surface area contributed by atoms with Crippen molar-refractivity contribution >= 4 is 11.9 Å². The second-order valence-corrected chi connectivity index (χ2v) is 6.38. The molecule has 1 amide bonds. The van der Waals surface area contributed by atoms with Crippen molar-refractivity contribution in [1.29, 1.82) is 0 Å². The van der Waals surface area contributed by atoms with E-state index in [0.717, 1.165) is 6.42 Å². The number of carbonyl (C=O) groups is 2. The van der Waals surface area contributed by atoms with Crippen molar-refractivity contribution in [3.05, 3.63) is 12.2 Å². The van der Waals surface area contributed by atoms with Gasteiger partial charge in [0.1, 0.15) is 0 Å². The first kappa shape index (κ1) is 14.5. The number of carboxylic acids is 1. The second kappa shape index (κ2) is 5.42. The number of carboxylic acid groups (broad SMARTS) is 1. The lowest BCUT2D eigenvalue weighted by Crippen LogP contribution is -2.57. The number of amides is 1. The van der Waals surface area contributed by atoms with Crippen LogP contribution in [0, 0.1) is 23.7 Å². The third-order valence-corrected chi connectivity index (χ3v) is 5.19. The van der Waals surface area contributed by atoms with Gasteiger partial charge in [0.15, 0.2) is 0 Å². The molecular weight excluding hydrogens is 274 g/mol. The molecule has 1 aliphatic heterocycles. The molecule has 3 rings (SSSR count). The number of aliphatic hydroxyl groups is 1. The SMILES string of the molecule is O=C(O)C1C2C=CC(C2)C1C(=O)NC1(CO)CCOCC1. The van der Waals surface area contributed by atoms with E-state index < -0.39 is 23.3 Å². The Morgan fingerprint density at radius 3 is 2.38 bits per heavy atom. The molecule has 4 atom stereocenters. The number of rotatable bonds is 4. The van der Waals surface area contributed by atoms with Crippen LogP contribution in [0.3, 0.4) is 0 Å². The molecule has 3 aliphatic rings. The molecule has 0 radical (unpaired) electrons. The number of hydrogen-bond donors (Lipinski definition) is 3. The summed E-state index contributed by atoms with van der Waals surface area (Å²) in [5, 5.41) is 22.0. The first-order chi connectivity index (χ1) is 10.1. The number of aliphatic hydroxyl groups excluding tert-OH is 1. The Morgan fingerprint density at radius 1 is 1.19 bits per heavy atom. The molecule has 0 spiro atoms. The molecule has 21 heavy (non-hydrogen) atoms. The van der Waals surface area contributed by atoms with Gasteiger partial charge in [-0.1, -0.05) is 12.2 Å². The molecule has 4 unspecified atom stereocenters. The highest BCUT2D eigenvalue weighted by molar-refractivity contribution is 5.87. The number of fused-ring (bicyclic) bond motifs is 2. The zero-order chi connectivity index (χ0) is 15.0. The molecule has 116 valence electrons. The maximum Gasteiger partial charge on any atom is 0.307 e. The molecule has 1 saturated heterocycles. The Balaban J connectivity index is 1.75. The fraction of sp³-hybridized carbons (Fsp3) is 0.733. The molecule has 0 aromatic rings. The zero-order valence-corrected chi connectivity index (χ0v) is 11.8. The third kappa shape index (κ3) is 2.46. The molecule has 2 bridgehead atoms. The monoisotopic (exact) mass is 295 g/mol. The van der Waals surface area contributed by atoms with E-state index in [4.69, 9.17) is 4.74 Å². The minimum atomic E-state index is -0.906. The summed E-state index contributed by atoms with van der Waals surface area (Å²) in [6.07, 6.45) is 5.74. The van der Waals surface area contributed by atoms with Crippen molar-refractivity contribution < 1.29 is 24.5 Å². The number of carbonyl (C=O) groups excluding carboxylic acids is 1. The highest BCUT2D eigenvalue weighted by Gasteiger charge is 2.52. The normalized spacial score (nSPS) is 36.6. The third-order valence-electron chi connectivity index (χ3n) is 5.19. The van der Waals surface area contributed by atoms with Crippen LogP contribution >= 0.6 is 0 Å². The van der Waals surface area contributed by atoms with Crippen LogP contribution in [-0.2, 0) is 14.3 Å². The zero-order valence-electron chi connectivity index (χ0n) is 11.8. The van der Waals surface area contributed by atoms with Crippen LogP contribution in [0.4, 0.5) is 0 Å². The molecule has 3 N–H and O–H groups in total. The number of ether oxygens (including phenoxy) is 1. The van der Waals surface area contributed by atoms with Crippen LogP contribution in [0.25, 0.3) is 0 Å². The number of allylic oxidation sites excluding steroid dienone is 2. The van der Waals surface area contributed by atoms with Gasteiger partial charge < -0.3 is 20.3 Å². The quantitative estimate of drug-likeness (QED) is 0.642. The average Bonchev–Trinajstić information content (AvgIpc) is 3.08. The van der Waals surface area contributed by atoms with E-state index >= 15 is 0 Å². The molecule has 6 heteroatoms. The highest BCUT2D eigenvalue weighted by atomic mass is 16.5. The maximum absolute atomic E-state index is 12.6. The van der Waals surface area contributed by atoms with Crippen molar-refractivity contribution in [3.63, 3.8) is 0 Å². The topological polar surface area (TPSA) is 95.9 Å². The Morgan fingerprint density at radius 2 is 1.81 bits per heavy atom. The Kier molecular flexibility index (Phi) is 3.75. The van der Waals surface area contributed by atoms with E-state index in [0.29, 0.717) is 26.1 Å². The predicted molar refractivity (Wildman–Crippen MR) is 73.4 cm³/mol. The minimum absolute atomic E-state index is 0.00619. The van der Waals surface area contributed by atoms with Crippen molar-refractivity contribution in [2.24, 2.45) is 23.7 Å². The molecular formula is C15H21NO5. The number of nitrogens with one attached hydrogen (secondary N) is 1. The van der Waals surface area contributed by atoms with E-state index in [1.54, 1.807) is 0 Å². The van der Waals surface area contributed by atoms with Crippen LogP contribution in [0.2, 0.25) is 0 Å². The number of aliphatic carboxylic acids is 1. The Hall–Kier alpha value is -1.40. The van der Waals surface area contributed by atoms with Gasteiger partial charge in [-0.25, -0.2) is 0 Å². The summed E-state index contributed by atoms with van der Waals surface area (Å²) in [6, 6.07) is 0. The highest BCUT2D eigenvalue weighted by Crippen LogP contribution is 2.48. The van der Waals surface area contributed by atoms with Crippen molar-refractivity contribution in [2.75, 3.05) is 19.8 Å². The molecule has 1 saturated carbocycles. The first-order valence-corrected chi connectivity index (χ1v) is 7.48. The lowest BCUT2D eigenvalue weighted by molar-refractivity contribution is -0.148. The molecule has 0 aromatic carbocycles. The molecule has 2 aliphatic carbocycles. The van der Waals surface area contributed by atoms with E-state index in [-0.39, 0.29) is 24.3 Å². The van der Waals surface area contributed by atoms with Crippen molar-refractivity contribution in [3.8, 4) is 0 Å². The molecule has 1 heterocycles. The van der Waals surface area contributed by atoms with Gasteiger partial charge in [-0.15, -0.1) is 0 Å². The Bertz CT molecular complexity index is 469. The van der Waals surface area contributed by atoms with Crippen molar-refractivity contribution in [2.45, 2.75) is 24.8 Å². The fourth-order valence-corrected chi connectivity index (χ4v) is 3.95. The van der Waals surface area contributed by atoms with Crippen molar-refractivity contribution in [1.82, 2.24) is 5.32 Å². The molecule has 2 fully saturated rings. The summed E-state index contributed by atoms with van der Waals surface area (Å²) < 4.78 is 5.27. The van der Waals surface area contributed by atoms with Crippen LogP contribution < -0.4 is 5.32 Å². The van der Waals surface area contributed by atoms with Crippen LogP contribution in [0.5, 0.6) is 0 Å². The van der Waals surface area contributed by atoms with Gasteiger partial charge >= 0.3 is 5.97 Å². The number of hydrogen-bond acceptors (Lipinski definition) is 4. The summed E-state index contributed by atoms with van der Waals surface area (Å²) >= 11 is 0. The Labute approximate surface area is 123 Å². The van der Waals surface area contributed by atoms with E-state index in [2.05, 4.69) is 5.32 Å². The minimum Gasteiger partial charge on any atom is -0.481 e. The lowest BCUT2D eigenvalue weighted by Gasteiger charge is -2.38. The van der Waals surface area contributed by atoms with Gasteiger partial charge in [0.2, 0.25) is 5.91 Å². The summed E-state index contributed by atoms with van der Waals surface area (Å²) in [7, 11) is 0. The molecule has 0 aromatic heterocycles. The molecule has 6 nitrogen and oxygen atoms in total.